The molecule has 0 aliphatic rings. The van der Waals surface area contributed by atoms with Crippen LogP contribution in [0.2, 0.25) is 0 Å². The normalized spacial score (nSPS) is 10.6. The van der Waals surface area contributed by atoms with Gasteiger partial charge in [-0.15, -0.1) is 0 Å². The van der Waals surface area contributed by atoms with Crippen LogP contribution in [0.3, 0.4) is 0 Å². The van der Waals surface area contributed by atoms with E-state index in [1.54, 1.807) is 0 Å². The number of nitrogens with two attached hydrogens (primary N) is 1. The second-order valence-electron chi connectivity index (χ2n) is 3.35. The highest BCUT2D eigenvalue weighted by atomic mass is 16.5. The van der Waals surface area contributed by atoms with Gasteiger partial charge in [-0.1, -0.05) is 0 Å². The van der Waals surface area contributed by atoms with Crippen molar-refractivity contribution in [1.29, 1.82) is 0 Å². The van der Waals surface area contributed by atoms with Gasteiger partial charge in [-0.3, -0.25) is 4.79 Å². The van der Waals surface area contributed by atoms with E-state index >= 15 is 0 Å². The van der Waals surface area contributed by atoms with E-state index in [1.165, 1.54) is 0 Å². The van der Waals surface area contributed by atoms with Crippen molar-refractivity contribution in [3.05, 3.63) is 0 Å². The minimum absolute atomic E-state index is 0.0975. The number of hydrogen-bond acceptors (Lipinski definition) is 4. The van der Waals surface area contributed by atoms with Crippen molar-refractivity contribution >= 4 is 5.97 Å². The molecule has 4 heteroatoms. The van der Waals surface area contributed by atoms with E-state index in [-0.39, 0.29) is 5.97 Å². The Morgan fingerprint density at radius 1 is 1.36 bits per heavy atom. The molecule has 0 aromatic carbocycles. The van der Waals surface area contributed by atoms with Gasteiger partial charge in [-0.05, 0) is 46.4 Å². The Bertz CT molecular complexity index is 151. The number of ether oxygens (including phenoxy) is 1. The van der Waals surface area contributed by atoms with Gasteiger partial charge in [0.15, 0.2) is 0 Å². The lowest BCUT2D eigenvalue weighted by atomic mass is 10.3. The minimum atomic E-state index is -0.0975. The zero-order valence-corrected chi connectivity index (χ0v) is 9.29. The smallest absolute Gasteiger partial charge is 0.305 e. The summed E-state index contributed by atoms with van der Waals surface area (Å²) in [6.45, 7) is 4.95. The molecule has 0 aliphatic heterocycles. The van der Waals surface area contributed by atoms with Crippen LogP contribution in [0, 0.1) is 0 Å². The van der Waals surface area contributed by atoms with Gasteiger partial charge in [0.2, 0.25) is 0 Å². The van der Waals surface area contributed by atoms with Crippen LogP contribution in [0.25, 0.3) is 0 Å². The molecule has 0 rings (SSSR count). The lowest BCUT2D eigenvalue weighted by Gasteiger charge is -2.15. The summed E-state index contributed by atoms with van der Waals surface area (Å²) in [6.07, 6.45) is 2.39. The number of rotatable bonds is 8. The molecular weight excluding hydrogens is 180 g/mol. The summed E-state index contributed by atoms with van der Waals surface area (Å²) >= 11 is 0. The zero-order valence-electron chi connectivity index (χ0n) is 9.29. The number of carbonyl (C=O) groups is 1. The maximum Gasteiger partial charge on any atom is 0.305 e. The molecule has 0 aromatic heterocycles. The van der Waals surface area contributed by atoms with Crippen molar-refractivity contribution in [1.82, 2.24) is 4.90 Å². The Labute approximate surface area is 86.4 Å². The average molecular weight is 202 g/mol. The monoisotopic (exact) mass is 202 g/mol. The lowest BCUT2D eigenvalue weighted by molar-refractivity contribution is -0.143. The van der Waals surface area contributed by atoms with E-state index in [0.29, 0.717) is 13.0 Å². The largest absolute Gasteiger partial charge is 0.466 e. The molecule has 0 aliphatic carbocycles. The molecule has 84 valence electrons. The van der Waals surface area contributed by atoms with Gasteiger partial charge in [0.05, 0.1) is 6.61 Å². The van der Waals surface area contributed by atoms with Gasteiger partial charge in [0, 0.05) is 6.42 Å². The van der Waals surface area contributed by atoms with E-state index in [1.807, 2.05) is 14.0 Å². The number of nitrogens with zero attached hydrogens (tertiary/aromatic N) is 1. The number of carbonyl (C=O) groups excluding carboxylic acids is 1. The first-order valence-electron chi connectivity index (χ1n) is 5.25. The summed E-state index contributed by atoms with van der Waals surface area (Å²) in [7, 11) is 2.04. The SMILES string of the molecule is CCOC(=O)CCCN(C)CCCN. The van der Waals surface area contributed by atoms with Crippen LogP contribution >= 0.6 is 0 Å². The predicted molar refractivity (Wildman–Crippen MR) is 57.0 cm³/mol. The molecule has 0 fully saturated rings. The van der Waals surface area contributed by atoms with Crippen LogP contribution in [0.1, 0.15) is 26.2 Å². The molecule has 0 amide bonds. The quantitative estimate of drug-likeness (QED) is 0.586. The van der Waals surface area contributed by atoms with E-state index in [4.69, 9.17) is 10.5 Å². The summed E-state index contributed by atoms with van der Waals surface area (Å²) in [6, 6.07) is 0. The minimum Gasteiger partial charge on any atom is -0.466 e. The summed E-state index contributed by atoms with van der Waals surface area (Å²) in [5, 5.41) is 0. The Hall–Kier alpha value is -0.610. The van der Waals surface area contributed by atoms with Crippen LogP contribution in [-0.4, -0.2) is 44.2 Å². The Balaban J connectivity index is 3.29. The van der Waals surface area contributed by atoms with Crippen molar-refractivity contribution in [2.45, 2.75) is 26.2 Å². The second kappa shape index (κ2) is 8.97. The van der Waals surface area contributed by atoms with E-state index in [2.05, 4.69) is 4.90 Å². The third kappa shape index (κ3) is 8.01. The van der Waals surface area contributed by atoms with Gasteiger partial charge in [0.25, 0.3) is 0 Å². The van der Waals surface area contributed by atoms with Gasteiger partial charge >= 0.3 is 5.97 Å². The molecule has 2 N–H and O–H groups in total. The fraction of sp³-hybridized carbons (Fsp3) is 0.900. The first-order chi connectivity index (χ1) is 6.70. The molecule has 0 unspecified atom stereocenters. The molecular formula is C10H22N2O2. The van der Waals surface area contributed by atoms with Crippen LogP contribution in [-0.2, 0) is 9.53 Å². The highest BCUT2D eigenvalue weighted by Crippen LogP contribution is 1.96. The standard InChI is InChI=1S/C10H22N2O2/c1-3-14-10(13)6-4-8-12(2)9-5-7-11/h3-9,11H2,1-2H3. The molecule has 0 aromatic rings. The Kier molecular flexibility index (Phi) is 8.57. The van der Waals surface area contributed by atoms with Gasteiger partial charge in [-0.2, -0.15) is 0 Å². The Morgan fingerprint density at radius 3 is 2.57 bits per heavy atom. The highest BCUT2D eigenvalue weighted by molar-refractivity contribution is 5.69. The van der Waals surface area contributed by atoms with Crippen molar-refractivity contribution in [2.75, 3.05) is 33.3 Å². The molecule has 0 radical (unpaired) electrons. The predicted octanol–water partition coefficient (Wildman–Crippen LogP) is 0.610. The fourth-order valence-corrected chi connectivity index (χ4v) is 1.20. The van der Waals surface area contributed by atoms with Crippen molar-refractivity contribution in [2.24, 2.45) is 5.73 Å². The van der Waals surface area contributed by atoms with Crippen LogP contribution in [0.5, 0.6) is 0 Å². The molecule has 0 atom stereocenters. The fourth-order valence-electron chi connectivity index (χ4n) is 1.20. The zero-order chi connectivity index (χ0) is 10.8. The van der Waals surface area contributed by atoms with Gasteiger partial charge in [-0.25, -0.2) is 0 Å². The van der Waals surface area contributed by atoms with Crippen LogP contribution in [0.4, 0.5) is 0 Å². The average Bonchev–Trinajstić information content (AvgIpc) is 2.15. The highest BCUT2D eigenvalue weighted by Gasteiger charge is 2.02. The maximum absolute atomic E-state index is 11.0. The van der Waals surface area contributed by atoms with E-state index in [9.17, 15) is 4.79 Å². The van der Waals surface area contributed by atoms with Crippen molar-refractivity contribution in [3.63, 3.8) is 0 Å². The first kappa shape index (κ1) is 13.4. The van der Waals surface area contributed by atoms with Crippen LogP contribution < -0.4 is 5.73 Å². The summed E-state index contributed by atoms with van der Waals surface area (Å²) < 4.78 is 4.83. The maximum atomic E-state index is 11.0. The first-order valence-corrected chi connectivity index (χ1v) is 5.25. The molecule has 0 bridgehead atoms. The number of hydrogen-bond donors (Lipinski definition) is 1. The van der Waals surface area contributed by atoms with E-state index < -0.39 is 0 Å². The molecule has 4 nitrogen and oxygen atoms in total. The molecule has 0 saturated carbocycles. The lowest BCUT2D eigenvalue weighted by Crippen LogP contribution is -2.23. The molecule has 0 heterocycles. The van der Waals surface area contributed by atoms with E-state index in [0.717, 1.165) is 32.5 Å². The van der Waals surface area contributed by atoms with Gasteiger partial charge in [0.1, 0.15) is 0 Å². The van der Waals surface area contributed by atoms with Crippen molar-refractivity contribution in [3.8, 4) is 0 Å². The summed E-state index contributed by atoms with van der Waals surface area (Å²) in [4.78, 5) is 13.2. The molecule has 14 heavy (non-hydrogen) atoms. The Morgan fingerprint density at radius 2 is 2.00 bits per heavy atom. The second-order valence-corrected chi connectivity index (χ2v) is 3.35. The third-order valence-corrected chi connectivity index (χ3v) is 1.97. The van der Waals surface area contributed by atoms with Gasteiger partial charge < -0.3 is 15.4 Å². The third-order valence-electron chi connectivity index (χ3n) is 1.97. The van der Waals surface area contributed by atoms with Crippen molar-refractivity contribution < 1.29 is 9.53 Å². The van der Waals surface area contributed by atoms with Crippen LogP contribution in [0.15, 0.2) is 0 Å². The summed E-state index contributed by atoms with van der Waals surface area (Å²) in [5.74, 6) is -0.0975. The topological polar surface area (TPSA) is 55.6 Å². The number of esters is 1. The molecule has 0 saturated heterocycles. The molecule has 0 spiro atoms. The summed E-state index contributed by atoms with van der Waals surface area (Å²) in [5.41, 5.74) is 5.39.